The molecule has 4 rings (SSSR count). The van der Waals surface area contributed by atoms with Crippen LogP contribution in [0.15, 0.2) is 54.7 Å². The van der Waals surface area contributed by atoms with Gasteiger partial charge in [0.15, 0.2) is 0 Å². The number of hydrogen-bond donors (Lipinski definition) is 2. The summed E-state index contributed by atoms with van der Waals surface area (Å²) in [6, 6.07) is 15.5. The molecule has 0 radical (unpaired) electrons. The summed E-state index contributed by atoms with van der Waals surface area (Å²) in [5.41, 5.74) is 5.70. The molecule has 0 fully saturated rings. The van der Waals surface area contributed by atoms with E-state index in [1.54, 1.807) is 4.68 Å². The number of amides is 2. The molecule has 1 aliphatic heterocycles. The molecule has 0 aliphatic carbocycles. The number of benzene rings is 2. The number of para-hydroxylation sites is 1. The maximum atomic E-state index is 12.5. The molecule has 0 spiro atoms. The average molecular weight is 418 g/mol. The Morgan fingerprint density at radius 1 is 1.06 bits per heavy atom. The fourth-order valence-corrected chi connectivity index (χ4v) is 3.92. The van der Waals surface area contributed by atoms with Crippen LogP contribution in [0.5, 0.6) is 0 Å². The maximum Gasteiger partial charge on any atom is 0.313 e. The highest BCUT2D eigenvalue weighted by Crippen LogP contribution is 2.26. The minimum atomic E-state index is -0.657. The number of carbonyl (C=O) groups excluding carboxylic acids is 2. The standard InChI is InChI=1S/C24H27N5O2/c1-3-28-13-12-20-19(16-28)8-6-9-21(20)26-24(31)23(30)25-15-18-7-4-5-10-22(18)29-14-11-17(2)27-29/h4-11,14H,3,12-13,15-16H2,1-2H3,(H,25,30)(H,26,31). The van der Waals surface area contributed by atoms with E-state index in [9.17, 15) is 9.59 Å². The van der Waals surface area contributed by atoms with Crippen LogP contribution in [0.3, 0.4) is 0 Å². The van der Waals surface area contributed by atoms with Crippen LogP contribution in [0.1, 0.15) is 29.3 Å². The Morgan fingerprint density at radius 3 is 2.68 bits per heavy atom. The van der Waals surface area contributed by atoms with E-state index in [-0.39, 0.29) is 6.54 Å². The van der Waals surface area contributed by atoms with Gasteiger partial charge in [0.05, 0.1) is 11.4 Å². The minimum Gasteiger partial charge on any atom is -0.344 e. The Kier molecular flexibility index (Phi) is 6.13. The summed E-state index contributed by atoms with van der Waals surface area (Å²) >= 11 is 0. The van der Waals surface area contributed by atoms with E-state index in [2.05, 4.69) is 33.6 Å². The van der Waals surface area contributed by atoms with Gasteiger partial charge in [-0.3, -0.25) is 14.5 Å². The van der Waals surface area contributed by atoms with Crippen LogP contribution in [-0.2, 0) is 29.1 Å². The van der Waals surface area contributed by atoms with Crippen molar-refractivity contribution >= 4 is 17.5 Å². The molecule has 2 N–H and O–H groups in total. The molecule has 0 atom stereocenters. The van der Waals surface area contributed by atoms with Crippen LogP contribution in [-0.4, -0.2) is 39.6 Å². The number of fused-ring (bicyclic) bond motifs is 1. The van der Waals surface area contributed by atoms with Crippen molar-refractivity contribution in [3.05, 3.63) is 77.1 Å². The number of rotatable bonds is 5. The first-order valence-corrected chi connectivity index (χ1v) is 10.6. The quantitative estimate of drug-likeness (QED) is 0.626. The lowest BCUT2D eigenvalue weighted by atomic mass is 9.97. The van der Waals surface area contributed by atoms with E-state index in [4.69, 9.17) is 0 Å². The van der Waals surface area contributed by atoms with Crippen LogP contribution < -0.4 is 10.6 Å². The summed E-state index contributed by atoms with van der Waals surface area (Å²) in [7, 11) is 0. The van der Waals surface area contributed by atoms with Gasteiger partial charge in [-0.25, -0.2) is 4.68 Å². The van der Waals surface area contributed by atoms with Gasteiger partial charge in [0.2, 0.25) is 0 Å². The Hall–Kier alpha value is -3.45. The Balaban J connectivity index is 1.42. The molecule has 3 aromatic rings. The van der Waals surface area contributed by atoms with E-state index >= 15 is 0 Å². The SMILES string of the molecule is CCN1CCc2c(cccc2NC(=O)C(=O)NCc2ccccc2-n2ccc(C)n2)C1. The van der Waals surface area contributed by atoms with Crippen molar-refractivity contribution in [3.8, 4) is 5.69 Å². The van der Waals surface area contributed by atoms with E-state index in [0.717, 1.165) is 54.3 Å². The monoisotopic (exact) mass is 417 g/mol. The Morgan fingerprint density at radius 2 is 1.90 bits per heavy atom. The predicted molar refractivity (Wildman–Crippen MR) is 120 cm³/mol. The largest absolute Gasteiger partial charge is 0.344 e. The molecule has 0 bridgehead atoms. The number of anilines is 1. The first-order chi connectivity index (χ1) is 15.0. The lowest BCUT2D eigenvalue weighted by Crippen LogP contribution is -2.36. The maximum absolute atomic E-state index is 12.5. The van der Waals surface area contributed by atoms with Crippen molar-refractivity contribution in [1.29, 1.82) is 0 Å². The molecule has 0 saturated heterocycles. The topological polar surface area (TPSA) is 79.3 Å². The highest BCUT2D eigenvalue weighted by atomic mass is 16.2. The zero-order valence-corrected chi connectivity index (χ0v) is 17.9. The van der Waals surface area contributed by atoms with Crippen molar-refractivity contribution < 1.29 is 9.59 Å². The van der Waals surface area contributed by atoms with Gasteiger partial charge in [0.25, 0.3) is 0 Å². The second-order valence-electron chi connectivity index (χ2n) is 7.73. The van der Waals surface area contributed by atoms with Crippen molar-refractivity contribution in [2.45, 2.75) is 33.4 Å². The fraction of sp³-hybridized carbons (Fsp3) is 0.292. The second-order valence-corrected chi connectivity index (χ2v) is 7.73. The Labute approximate surface area is 182 Å². The van der Waals surface area contributed by atoms with Crippen LogP contribution >= 0.6 is 0 Å². The van der Waals surface area contributed by atoms with E-state index in [1.165, 1.54) is 5.56 Å². The molecule has 2 amide bonds. The van der Waals surface area contributed by atoms with Crippen LogP contribution in [0.2, 0.25) is 0 Å². The summed E-state index contributed by atoms with van der Waals surface area (Å²) in [6.07, 6.45) is 2.73. The number of carbonyl (C=O) groups is 2. The van der Waals surface area contributed by atoms with Gasteiger partial charge >= 0.3 is 11.8 Å². The highest BCUT2D eigenvalue weighted by molar-refractivity contribution is 6.39. The van der Waals surface area contributed by atoms with Crippen molar-refractivity contribution in [3.63, 3.8) is 0 Å². The molecular weight excluding hydrogens is 390 g/mol. The summed E-state index contributed by atoms with van der Waals surface area (Å²) < 4.78 is 1.77. The molecule has 7 heteroatoms. The number of nitrogens with one attached hydrogen (secondary N) is 2. The van der Waals surface area contributed by atoms with Gasteiger partial charge in [-0.05, 0) is 54.8 Å². The first kappa shape index (κ1) is 20.8. The van der Waals surface area contributed by atoms with Gasteiger partial charge in [0.1, 0.15) is 0 Å². The molecule has 1 aromatic heterocycles. The fourth-order valence-electron chi connectivity index (χ4n) is 3.92. The molecule has 1 aliphatic rings. The zero-order chi connectivity index (χ0) is 21.8. The summed E-state index contributed by atoms with van der Waals surface area (Å²) in [5, 5.41) is 9.97. The second kappa shape index (κ2) is 9.14. The molecule has 7 nitrogen and oxygen atoms in total. The number of nitrogens with zero attached hydrogens (tertiary/aromatic N) is 3. The van der Waals surface area contributed by atoms with Crippen LogP contribution in [0.25, 0.3) is 5.69 Å². The van der Waals surface area contributed by atoms with Gasteiger partial charge in [0, 0.05) is 31.5 Å². The Bertz CT molecular complexity index is 1100. The zero-order valence-electron chi connectivity index (χ0n) is 17.9. The average Bonchev–Trinajstić information content (AvgIpc) is 3.23. The molecule has 2 heterocycles. The summed E-state index contributed by atoms with van der Waals surface area (Å²) in [5.74, 6) is -1.31. The van der Waals surface area contributed by atoms with Crippen LogP contribution in [0, 0.1) is 6.92 Å². The minimum absolute atomic E-state index is 0.236. The lowest BCUT2D eigenvalue weighted by Gasteiger charge is -2.29. The third-order valence-corrected chi connectivity index (χ3v) is 5.65. The van der Waals surface area contributed by atoms with Gasteiger partial charge in [-0.2, -0.15) is 5.10 Å². The van der Waals surface area contributed by atoms with E-state index in [0.29, 0.717) is 0 Å². The molecular formula is C24H27N5O2. The van der Waals surface area contributed by atoms with E-state index < -0.39 is 11.8 Å². The number of hydrogen-bond acceptors (Lipinski definition) is 4. The summed E-state index contributed by atoms with van der Waals surface area (Å²) in [6.45, 7) is 7.12. The van der Waals surface area contributed by atoms with Crippen molar-refractivity contribution in [2.24, 2.45) is 0 Å². The molecule has 31 heavy (non-hydrogen) atoms. The molecule has 0 unspecified atom stereocenters. The van der Waals surface area contributed by atoms with Crippen LogP contribution in [0.4, 0.5) is 5.69 Å². The number of aromatic nitrogens is 2. The van der Waals surface area contributed by atoms with Gasteiger partial charge < -0.3 is 10.6 Å². The first-order valence-electron chi connectivity index (χ1n) is 10.6. The predicted octanol–water partition coefficient (Wildman–Crippen LogP) is 2.81. The number of aryl methyl sites for hydroxylation is 1. The highest BCUT2D eigenvalue weighted by Gasteiger charge is 2.21. The van der Waals surface area contributed by atoms with E-state index in [1.807, 2.05) is 55.6 Å². The van der Waals surface area contributed by atoms with Crippen molar-refractivity contribution in [2.75, 3.05) is 18.4 Å². The third-order valence-electron chi connectivity index (χ3n) is 5.65. The normalized spacial score (nSPS) is 13.5. The number of likely N-dealkylation sites (N-methyl/N-ethyl adjacent to an activating group) is 1. The lowest BCUT2D eigenvalue weighted by molar-refractivity contribution is -0.136. The van der Waals surface area contributed by atoms with Crippen molar-refractivity contribution in [1.82, 2.24) is 20.0 Å². The molecule has 160 valence electrons. The third kappa shape index (κ3) is 4.67. The molecule has 2 aromatic carbocycles. The molecule has 0 saturated carbocycles. The smallest absolute Gasteiger partial charge is 0.313 e. The van der Waals surface area contributed by atoms with Gasteiger partial charge in [-0.15, -0.1) is 0 Å². The van der Waals surface area contributed by atoms with Gasteiger partial charge in [-0.1, -0.05) is 37.3 Å². The summed E-state index contributed by atoms with van der Waals surface area (Å²) in [4.78, 5) is 27.4.